The number of hydrogen-bond acceptors (Lipinski definition) is 7. The average molecular weight is 361 g/mol. The van der Waals surface area contributed by atoms with Gasteiger partial charge in [-0.2, -0.15) is 0 Å². The van der Waals surface area contributed by atoms with E-state index in [1.165, 1.54) is 0 Å². The van der Waals surface area contributed by atoms with E-state index in [1.807, 2.05) is 25.7 Å². The van der Waals surface area contributed by atoms with Crippen LogP contribution in [0.25, 0.3) is 0 Å². The number of nitrogens with zero attached hydrogens (tertiary/aromatic N) is 3. The van der Waals surface area contributed by atoms with Crippen molar-refractivity contribution in [3.8, 4) is 0 Å². The van der Waals surface area contributed by atoms with Crippen molar-refractivity contribution in [2.24, 2.45) is 0 Å². The number of hydrogen-bond donors (Lipinski definition) is 0. The highest BCUT2D eigenvalue weighted by atomic mass is 32.2. The van der Waals surface area contributed by atoms with Crippen LogP contribution in [0.3, 0.4) is 0 Å². The summed E-state index contributed by atoms with van der Waals surface area (Å²) in [6, 6.07) is 1.72. The van der Waals surface area contributed by atoms with E-state index in [1.54, 1.807) is 6.07 Å². The van der Waals surface area contributed by atoms with Gasteiger partial charge in [0.15, 0.2) is 9.84 Å². The van der Waals surface area contributed by atoms with Gasteiger partial charge in [0.2, 0.25) is 15.0 Å². The highest BCUT2D eigenvalue weighted by molar-refractivity contribution is 7.92. The van der Waals surface area contributed by atoms with E-state index in [0.717, 1.165) is 6.26 Å². The molecule has 1 aliphatic rings. The summed E-state index contributed by atoms with van der Waals surface area (Å²) in [7, 11) is -6.90. The molecule has 1 fully saturated rings. The first-order valence-corrected chi connectivity index (χ1v) is 11.2. The van der Waals surface area contributed by atoms with E-state index in [4.69, 9.17) is 0 Å². The Labute approximate surface area is 138 Å². The fourth-order valence-corrected chi connectivity index (χ4v) is 5.22. The smallest absolute Gasteiger partial charge is 0.249 e. The molecule has 0 bridgehead atoms. The Hall–Kier alpha value is -1.22. The molecule has 130 valence electrons. The van der Waals surface area contributed by atoms with Crippen LogP contribution in [-0.4, -0.2) is 51.4 Å². The van der Waals surface area contributed by atoms with Crippen molar-refractivity contribution in [3.63, 3.8) is 0 Å². The Balaban J connectivity index is 2.63. The van der Waals surface area contributed by atoms with E-state index in [9.17, 15) is 16.8 Å². The van der Waals surface area contributed by atoms with Gasteiger partial charge in [0.25, 0.3) is 0 Å². The Morgan fingerprint density at radius 1 is 1.35 bits per heavy atom. The summed E-state index contributed by atoms with van der Waals surface area (Å²) in [5, 5.41) is -1.05. The van der Waals surface area contributed by atoms with Crippen LogP contribution in [0.1, 0.15) is 44.6 Å². The van der Waals surface area contributed by atoms with Crippen molar-refractivity contribution in [2.75, 3.05) is 23.5 Å². The predicted octanol–water partition coefficient (Wildman–Crippen LogP) is 1.36. The Morgan fingerprint density at radius 3 is 2.43 bits per heavy atom. The zero-order valence-electron chi connectivity index (χ0n) is 13.9. The Kier molecular flexibility index (Phi) is 5.00. The minimum atomic E-state index is -3.63. The van der Waals surface area contributed by atoms with Gasteiger partial charge in [-0.3, -0.25) is 0 Å². The molecule has 2 rings (SSSR count). The molecule has 7 nitrogen and oxygen atoms in total. The largest absolute Gasteiger partial charge is 0.354 e. The fraction of sp³-hybridized carbons (Fsp3) is 0.714. The summed E-state index contributed by atoms with van der Waals surface area (Å²) in [5.41, 5.74) is 0.284. The molecule has 0 radical (unpaired) electrons. The molecule has 2 heterocycles. The maximum absolute atomic E-state index is 12.2. The highest BCUT2D eigenvalue weighted by Crippen LogP contribution is 2.35. The quantitative estimate of drug-likeness (QED) is 0.730. The third kappa shape index (κ3) is 3.82. The lowest BCUT2D eigenvalue weighted by Crippen LogP contribution is -2.32. The molecule has 0 aromatic carbocycles. The highest BCUT2D eigenvalue weighted by Gasteiger charge is 2.35. The van der Waals surface area contributed by atoms with Gasteiger partial charge in [0.05, 0.1) is 11.4 Å². The lowest BCUT2D eigenvalue weighted by molar-refractivity contribution is 0.581. The molecule has 0 aliphatic carbocycles. The van der Waals surface area contributed by atoms with Gasteiger partial charge < -0.3 is 4.90 Å². The first-order chi connectivity index (χ1) is 10.6. The third-order valence-corrected chi connectivity index (χ3v) is 7.01. The van der Waals surface area contributed by atoms with E-state index < -0.39 is 24.9 Å². The van der Waals surface area contributed by atoms with Gasteiger partial charge in [-0.1, -0.05) is 0 Å². The standard InChI is InChI=1S/C14H23N3O4S2/c1-5-17(10(2)3)13-9-11(12-7-6-8-23(12,20)21)15-14(16-13)22(4,18)19/h9-10,12H,5-8H2,1-4H3. The van der Waals surface area contributed by atoms with Crippen LogP contribution in [0.5, 0.6) is 0 Å². The third-order valence-electron chi connectivity index (χ3n) is 3.96. The van der Waals surface area contributed by atoms with Crippen molar-refractivity contribution in [3.05, 3.63) is 11.8 Å². The van der Waals surface area contributed by atoms with E-state index >= 15 is 0 Å². The lowest BCUT2D eigenvalue weighted by atomic mass is 10.2. The van der Waals surface area contributed by atoms with E-state index in [2.05, 4.69) is 9.97 Å². The van der Waals surface area contributed by atoms with Crippen LogP contribution in [0.2, 0.25) is 0 Å². The molecule has 0 spiro atoms. The van der Waals surface area contributed by atoms with Gasteiger partial charge >= 0.3 is 0 Å². The molecule has 1 unspecified atom stereocenters. The molecule has 1 atom stereocenters. The van der Waals surface area contributed by atoms with Crippen molar-refractivity contribution in [1.29, 1.82) is 0 Å². The lowest BCUT2D eigenvalue weighted by Gasteiger charge is -2.27. The molecule has 9 heteroatoms. The number of aromatic nitrogens is 2. The molecule has 1 saturated heterocycles. The van der Waals surface area contributed by atoms with Gasteiger partial charge in [-0.05, 0) is 33.6 Å². The maximum Gasteiger partial charge on any atom is 0.249 e. The van der Waals surface area contributed by atoms with Crippen LogP contribution in [0.15, 0.2) is 11.2 Å². The summed E-state index contributed by atoms with van der Waals surface area (Å²) in [5.74, 6) is 0.572. The molecule has 1 aliphatic heterocycles. The summed E-state index contributed by atoms with van der Waals surface area (Å²) in [6.07, 6.45) is 2.07. The van der Waals surface area contributed by atoms with Crippen LogP contribution in [0, 0.1) is 0 Å². The van der Waals surface area contributed by atoms with Crippen molar-refractivity contribution < 1.29 is 16.8 Å². The number of sulfone groups is 2. The summed E-state index contributed by atoms with van der Waals surface area (Å²) in [6.45, 7) is 6.51. The summed E-state index contributed by atoms with van der Waals surface area (Å²) < 4.78 is 48.2. The van der Waals surface area contributed by atoms with Crippen molar-refractivity contribution in [1.82, 2.24) is 9.97 Å². The molecule has 23 heavy (non-hydrogen) atoms. The molecule has 1 aromatic rings. The van der Waals surface area contributed by atoms with Gasteiger partial charge in [0, 0.05) is 24.9 Å². The molecule has 1 aromatic heterocycles. The van der Waals surface area contributed by atoms with Gasteiger partial charge in [0.1, 0.15) is 11.1 Å². The fourth-order valence-electron chi connectivity index (χ4n) is 2.82. The molecule has 0 amide bonds. The van der Waals surface area contributed by atoms with Crippen LogP contribution in [0.4, 0.5) is 5.82 Å². The summed E-state index contributed by atoms with van der Waals surface area (Å²) in [4.78, 5) is 10.1. The minimum absolute atomic E-state index is 0.107. The number of rotatable bonds is 5. The zero-order valence-corrected chi connectivity index (χ0v) is 15.5. The molecular weight excluding hydrogens is 338 g/mol. The van der Waals surface area contributed by atoms with Crippen LogP contribution in [-0.2, 0) is 19.7 Å². The average Bonchev–Trinajstić information content (AvgIpc) is 2.77. The first-order valence-electron chi connectivity index (χ1n) is 7.63. The van der Waals surface area contributed by atoms with Gasteiger partial charge in [-0.15, -0.1) is 0 Å². The molecular formula is C14H23N3O4S2. The van der Waals surface area contributed by atoms with Crippen molar-refractivity contribution >= 4 is 25.5 Å². The van der Waals surface area contributed by atoms with E-state index in [-0.39, 0.29) is 22.6 Å². The predicted molar refractivity (Wildman–Crippen MR) is 89.1 cm³/mol. The second-order valence-corrected chi connectivity index (χ2v) is 10.3. The second-order valence-electron chi connectivity index (χ2n) is 6.08. The van der Waals surface area contributed by atoms with Gasteiger partial charge in [-0.25, -0.2) is 26.8 Å². The maximum atomic E-state index is 12.2. The summed E-state index contributed by atoms with van der Waals surface area (Å²) >= 11 is 0. The van der Waals surface area contributed by atoms with Crippen LogP contribution < -0.4 is 4.90 Å². The zero-order chi connectivity index (χ0) is 17.4. The van der Waals surface area contributed by atoms with Crippen LogP contribution >= 0.6 is 0 Å². The van der Waals surface area contributed by atoms with Crippen molar-refractivity contribution in [2.45, 2.75) is 50.1 Å². The minimum Gasteiger partial charge on any atom is -0.354 e. The molecule has 0 N–H and O–H groups in total. The first kappa shape index (κ1) is 18.1. The topological polar surface area (TPSA) is 97.3 Å². The number of anilines is 1. The SMILES string of the molecule is CCN(c1cc(C2CCCS2(=O)=O)nc(S(C)(=O)=O)n1)C(C)C. The normalized spacial score (nSPS) is 20.8. The van der Waals surface area contributed by atoms with E-state index in [0.29, 0.717) is 25.2 Å². The molecule has 0 saturated carbocycles. The monoisotopic (exact) mass is 361 g/mol. The Morgan fingerprint density at radius 2 is 2.00 bits per heavy atom. The Bertz CT molecular complexity index is 788. The second kappa shape index (κ2) is 6.35.